The van der Waals surface area contributed by atoms with E-state index >= 15 is 0 Å². The molecule has 0 aliphatic heterocycles. The Morgan fingerprint density at radius 2 is 2.35 bits per heavy atom. The average molecular weight is 243 g/mol. The van der Waals surface area contributed by atoms with Crippen LogP contribution in [0.2, 0.25) is 0 Å². The maximum atomic E-state index is 10.8. The lowest BCUT2D eigenvalue weighted by molar-refractivity contribution is -0.430. The number of aliphatic hydroxyl groups is 1. The zero-order chi connectivity index (χ0) is 13.1. The van der Waals surface area contributed by atoms with Gasteiger partial charge in [0, 0.05) is 12.7 Å². The normalized spacial score (nSPS) is 24.5. The number of ether oxygens (including phenoxy) is 1. The lowest BCUT2D eigenvalue weighted by Crippen LogP contribution is -2.47. The van der Waals surface area contributed by atoms with Gasteiger partial charge in [-0.25, -0.2) is 0 Å². The first kappa shape index (κ1) is 13.5. The zero-order valence-electron chi connectivity index (χ0n) is 9.68. The van der Waals surface area contributed by atoms with Gasteiger partial charge in [0.05, 0.1) is 23.5 Å². The Hall–Kier alpha value is -1.60. The monoisotopic (exact) mass is 243 g/mol. The van der Waals surface area contributed by atoms with E-state index in [2.05, 4.69) is 0 Å². The third-order valence-corrected chi connectivity index (χ3v) is 2.67. The Labute approximate surface area is 98.9 Å². The summed E-state index contributed by atoms with van der Waals surface area (Å²) in [5, 5.41) is 19.8. The molecule has 0 saturated carbocycles. The number of nitro groups is 1. The largest absolute Gasteiger partial charge is 0.496 e. The Morgan fingerprint density at radius 1 is 1.71 bits per heavy atom. The molecule has 1 unspecified atom stereocenters. The molecular weight excluding hydrogens is 226 g/mol. The smallest absolute Gasteiger partial charge is 0.271 e. The molecule has 7 heteroatoms. The van der Waals surface area contributed by atoms with Gasteiger partial charge in [-0.05, 0) is 13.3 Å². The molecule has 1 aliphatic carbocycles. The number of nitrogens with two attached hydrogens (primary N) is 2. The first-order valence-corrected chi connectivity index (χ1v) is 5.32. The van der Waals surface area contributed by atoms with Gasteiger partial charge in [0.15, 0.2) is 0 Å². The Morgan fingerprint density at radius 3 is 2.82 bits per heavy atom. The topological polar surface area (TPSA) is 125 Å². The quantitative estimate of drug-likeness (QED) is 0.455. The molecule has 5 N–H and O–H groups in total. The van der Waals surface area contributed by atoms with Crippen LogP contribution in [0.25, 0.3) is 0 Å². The number of nitrogens with zero attached hydrogens (tertiary/aromatic N) is 1. The molecule has 0 amide bonds. The molecule has 0 aromatic heterocycles. The minimum atomic E-state index is -1.06. The summed E-state index contributed by atoms with van der Waals surface area (Å²) in [5.74, 6) is 0.386. The second-order valence-electron chi connectivity index (χ2n) is 3.91. The highest BCUT2D eigenvalue weighted by Gasteiger charge is 2.40. The highest BCUT2D eigenvalue weighted by molar-refractivity contribution is 5.34. The number of rotatable bonds is 5. The fourth-order valence-corrected chi connectivity index (χ4v) is 1.78. The molecule has 0 heterocycles. The molecule has 1 atom stereocenters. The van der Waals surface area contributed by atoms with Crippen molar-refractivity contribution in [3.8, 4) is 0 Å². The van der Waals surface area contributed by atoms with E-state index in [-0.39, 0.29) is 30.8 Å². The van der Waals surface area contributed by atoms with Crippen molar-refractivity contribution in [1.82, 2.24) is 0 Å². The molecule has 7 nitrogen and oxygen atoms in total. The van der Waals surface area contributed by atoms with Gasteiger partial charge >= 0.3 is 0 Å². The average Bonchev–Trinajstić information content (AvgIpc) is 2.24. The molecule has 0 radical (unpaired) electrons. The minimum Gasteiger partial charge on any atom is -0.496 e. The first-order valence-electron chi connectivity index (χ1n) is 5.32. The minimum absolute atomic E-state index is 0.0434. The van der Waals surface area contributed by atoms with Gasteiger partial charge in [-0.2, -0.15) is 0 Å². The van der Waals surface area contributed by atoms with Crippen molar-refractivity contribution in [2.75, 3.05) is 13.2 Å². The van der Waals surface area contributed by atoms with Gasteiger partial charge in [-0.1, -0.05) is 0 Å². The summed E-state index contributed by atoms with van der Waals surface area (Å²) < 4.78 is 5.34. The standard InChI is InChI=1S/C10H17N3O4/c1-2-17-9-5-7(11)8(13(15)16)6-10(9,12)3-4-14/h5,14H,2-4,6,11-12H2,1H3. The lowest BCUT2D eigenvalue weighted by Gasteiger charge is -2.32. The summed E-state index contributed by atoms with van der Waals surface area (Å²) in [7, 11) is 0. The maximum Gasteiger partial charge on any atom is 0.271 e. The van der Waals surface area contributed by atoms with Crippen LogP contribution < -0.4 is 11.5 Å². The van der Waals surface area contributed by atoms with Gasteiger partial charge in [-0.15, -0.1) is 0 Å². The van der Waals surface area contributed by atoms with E-state index in [4.69, 9.17) is 21.3 Å². The summed E-state index contributed by atoms with van der Waals surface area (Å²) >= 11 is 0. The van der Waals surface area contributed by atoms with Gasteiger partial charge in [0.2, 0.25) is 0 Å². The molecule has 0 spiro atoms. The van der Waals surface area contributed by atoms with E-state index in [9.17, 15) is 10.1 Å². The van der Waals surface area contributed by atoms with Crippen molar-refractivity contribution in [2.45, 2.75) is 25.3 Å². The molecule has 1 rings (SSSR count). The second-order valence-corrected chi connectivity index (χ2v) is 3.91. The first-order chi connectivity index (χ1) is 7.94. The summed E-state index contributed by atoms with van der Waals surface area (Å²) in [6, 6.07) is 0. The third kappa shape index (κ3) is 2.75. The van der Waals surface area contributed by atoms with Crippen LogP contribution in [0.5, 0.6) is 0 Å². The Kier molecular flexibility index (Phi) is 4.08. The van der Waals surface area contributed by atoms with E-state index in [1.807, 2.05) is 0 Å². The maximum absolute atomic E-state index is 10.8. The van der Waals surface area contributed by atoms with E-state index in [1.54, 1.807) is 6.92 Å². The molecule has 0 aromatic carbocycles. The van der Waals surface area contributed by atoms with Gasteiger partial charge < -0.3 is 21.3 Å². The molecule has 17 heavy (non-hydrogen) atoms. The van der Waals surface area contributed by atoms with Crippen molar-refractivity contribution < 1.29 is 14.8 Å². The fourth-order valence-electron chi connectivity index (χ4n) is 1.78. The van der Waals surface area contributed by atoms with Crippen LogP contribution in [0.4, 0.5) is 0 Å². The van der Waals surface area contributed by atoms with Crippen molar-refractivity contribution >= 4 is 0 Å². The SMILES string of the molecule is CCOC1=CC(N)=C([N+](=O)[O-])CC1(N)CCO. The Balaban J connectivity index is 3.11. The van der Waals surface area contributed by atoms with Crippen LogP contribution >= 0.6 is 0 Å². The summed E-state index contributed by atoms with van der Waals surface area (Å²) in [4.78, 5) is 10.3. The van der Waals surface area contributed by atoms with Crippen molar-refractivity contribution in [1.29, 1.82) is 0 Å². The van der Waals surface area contributed by atoms with Gasteiger partial charge in [-0.3, -0.25) is 10.1 Å². The highest BCUT2D eigenvalue weighted by atomic mass is 16.6. The van der Waals surface area contributed by atoms with Crippen LogP contribution in [0.3, 0.4) is 0 Å². The summed E-state index contributed by atoms with van der Waals surface area (Å²) in [6.45, 7) is 1.99. The number of hydrogen-bond acceptors (Lipinski definition) is 6. The number of aliphatic hydroxyl groups excluding tert-OH is 1. The van der Waals surface area contributed by atoms with Crippen LogP contribution in [0.1, 0.15) is 19.8 Å². The van der Waals surface area contributed by atoms with Gasteiger partial charge in [0.1, 0.15) is 11.5 Å². The number of hydrogen-bond donors (Lipinski definition) is 3. The highest BCUT2D eigenvalue weighted by Crippen LogP contribution is 2.32. The molecule has 0 aromatic rings. The number of allylic oxidation sites excluding steroid dienone is 1. The van der Waals surface area contributed by atoms with Crippen LogP contribution in [0.15, 0.2) is 23.2 Å². The predicted octanol–water partition coefficient (Wildman–Crippen LogP) is -0.163. The van der Waals surface area contributed by atoms with E-state index < -0.39 is 10.5 Å². The Bertz CT molecular complexity index is 378. The molecule has 0 fully saturated rings. The van der Waals surface area contributed by atoms with E-state index in [0.29, 0.717) is 12.4 Å². The zero-order valence-corrected chi connectivity index (χ0v) is 9.68. The van der Waals surface area contributed by atoms with Gasteiger partial charge in [0.25, 0.3) is 5.70 Å². The van der Waals surface area contributed by atoms with Crippen molar-refractivity contribution in [3.05, 3.63) is 33.3 Å². The van der Waals surface area contributed by atoms with Crippen molar-refractivity contribution in [3.63, 3.8) is 0 Å². The fraction of sp³-hybridized carbons (Fsp3) is 0.600. The molecule has 96 valence electrons. The molecule has 0 saturated heterocycles. The predicted molar refractivity (Wildman–Crippen MR) is 61.2 cm³/mol. The summed E-state index contributed by atoms with van der Waals surface area (Å²) in [6.07, 6.45) is 1.52. The second kappa shape index (κ2) is 5.15. The van der Waals surface area contributed by atoms with Crippen molar-refractivity contribution in [2.24, 2.45) is 11.5 Å². The van der Waals surface area contributed by atoms with Crippen LogP contribution in [0, 0.1) is 10.1 Å². The molecule has 1 aliphatic rings. The molecular formula is C10H17N3O4. The summed E-state index contributed by atoms with van der Waals surface area (Å²) in [5.41, 5.74) is 10.5. The van der Waals surface area contributed by atoms with E-state index in [1.165, 1.54) is 6.08 Å². The molecule has 0 bridgehead atoms. The third-order valence-electron chi connectivity index (χ3n) is 2.67. The van der Waals surface area contributed by atoms with E-state index in [0.717, 1.165) is 0 Å². The lowest BCUT2D eigenvalue weighted by atomic mass is 9.84. The van der Waals surface area contributed by atoms with Crippen LogP contribution in [-0.4, -0.2) is 28.8 Å². The van der Waals surface area contributed by atoms with Crippen LogP contribution in [-0.2, 0) is 4.74 Å².